The maximum Gasteiger partial charge on any atom is 0.143 e. The van der Waals surface area contributed by atoms with Crippen molar-refractivity contribution in [3.63, 3.8) is 0 Å². The maximum absolute atomic E-state index is 6.67. The number of rotatable bonds is 9. The predicted molar refractivity (Wildman–Crippen MR) is 290 cm³/mol. The number of aromatic nitrogens is 1. The fourth-order valence-corrected chi connectivity index (χ4v) is 10.4. The standard InChI is InChI=1S/C66H44N2O/c1-2-17-45(18-3-1)46-33-37-49(38-34-46)52-19-4-10-27-60(52)67(62-29-12-8-23-56(62)58-25-16-26-59-57-24-9-15-32-65(57)69-66(58)59)51-43-41-48(42-44-51)47-35-39-50(40-36-47)53-20-5-11-28-61(53)68-63-30-13-6-21-54(63)55-22-7-14-31-64(55)68/h1-44H. The number of nitrogens with zero attached hydrogens (tertiary/aromatic N) is 2. The Labute approximate surface area is 401 Å². The van der Waals surface area contributed by atoms with Crippen LogP contribution >= 0.6 is 0 Å². The van der Waals surface area contributed by atoms with Gasteiger partial charge in [0.15, 0.2) is 0 Å². The van der Waals surface area contributed by atoms with Crippen molar-refractivity contribution in [2.45, 2.75) is 0 Å². The van der Waals surface area contributed by atoms with Crippen LogP contribution in [0.1, 0.15) is 0 Å². The topological polar surface area (TPSA) is 21.3 Å². The first-order valence-electron chi connectivity index (χ1n) is 23.6. The van der Waals surface area contributed by atoms with Gasteiger partial charge in [-0.05, 0) is 81.9 Å². The largest absolute Gasteiger partial charge is 0.455 e. The minimum Gasteiger partial charge on any atom is -0.455 e. The molecule has 0 unspecified atom stereocenters. The number of hydrogen-bond donors (Lipinski definition) is 0. The van der Waals surface area contributed by atoms with Crippen molar-refractivity contribution in [1.82, 2.24) is 4.57 Å². The van der Waals surface area contributed by atoms with E-state index in [1.165, 1.54) is 44.1 Å². The van der Waals surface area contributed by atoms with Crippen LogP contribution in [-0.2, 0) is 0 Å². The zero-order valence-corrected chi connectivity index (χ0v) is 37.7. The second-order valence-electron chi connectivity index (χ2n) is 17.6. The van der Waals surface area contributed by atoms with Crippen LogP contribution in [0, 0.1) is 0 Å². The molecular formula is C66H44N2O. The highest BCUT2D eigenvalue weighted by Crippen LogP contribution is 2.47. The van der Waals surface area contributed by atoms with Crippen molar-refractivity contribution in [2.75, 3.05) is 4.90 Å². The van der Waals surface area contributed by atoms with Gasteiger partial charge < -0.3 is 13.9 Å². The highest BCUT2D eigenvalue weighted by atomic mass is 16.3. The van der Waals surface area contributed by atoms with E-state index in [0.29, 0.717) is 0 Å². The number of furan rings is 1. The minimum atomic E-state index is 0.882. The third-order valence-corrected chi connectivity index (χ3v) is 13.7. The summed E-state index contributed by atoms with van der Waals surface area (Å²) in [6, 6.07) is 96.0. The summed E-state index contributed by atoms with van der Waals surface area (Å²) in [5, 5.41) is 4.74. The molecule has 324 valence electrons. The number of fused-ring (bicyclic) bond motifs is 6. The van der Waals surface area contributed by atoms with E-state index in [2.05, 4.69) is 270 Å². The Bertz CT molecular complexity index is 3940. The van der Waals surface area contributed by atoms with Gasteiger partial charge in [0.1, 0.15) is 11.2 Å². The van der Waals surface area contributed by atoms with Crippen molar-refractivity contribution < 1.29 is 4.42 Å². The average Bonchev–Trinajstić information content (AvgIpc) is 3.98. The molecule has 69 heavy (non-hydrogen) atoms. The summed E-state index contributed by atoms with van der Waals surface area (Å²) in [7, 11) is 0. The average molecular weight is 881 g/mol. The molecule has 2 heterocycles. The minimum absolute atomic E-state index is 0.882. The van der Waals surface area contributed by atoms with Gasteiger partial charge in [-0.15, -0.1) is 0 Å². The lowest BCUT2D eigenvalue weighted by molar-refractivity contribution is 0.670. The van der Waals surface area contributed by atoms with E-state index in [-0.39, 0.29) is 0 Å². The van der Waals surface area contributed by atoms with Crippen LogP contribution in [0.2, 0.25) is 0 Å². The molecule has 0 saturated carbocycles. The molecule has 0 aliphatic rings. The van der Waals surface area contributed by atoms with Gasteiger partial charge in [0.05, 0.1) is 28.1 Å². The fourth-order valence-electron chi connectivity index (χ4n) is 10.4. The van der Waals surface area contributed by atoms with Gasteiger partial charge in [0.2, 0.25) is 0 Å². The molecule has 13 aromatic rings. The number of anilines is 3. The van der Waals surface area contributed by atoms with Crippen LogP contribution in [-0.4, -0.2) is 4.57 Å². The van der Waals surface area contributed by atoms with Gasteiger partial charge in [-0.3, -0.25) is 0 Å². The second-order valence-corrected chi connectivity index (χ2v) is 17.6. The Morgan fingerprint density at radius 1 is 0.275 bits per heavy atom. The Morgan fingerprint density at radius 2 is 0.710 bits per heavy atom. The molecule has 3 heteroatoms. The van der Waals surface area contributed by atoms with Crippen molar-refractivity contribution in [2.24, 2.45) is 0 Å². The molecule has 0 aliphatic heterocycles. The molecule has 2 aromatic heterocycles. The third kappa shape index (κ3) is 6.99. The lowest BCUT2D eigenvalue weighted by atomic mass is 9.96. The summed E-state index contributed by atoms with van der Waals surface area (Å²) in [6.45, 7) is 0. The highest BCUT2D eigenvalue weighted by Gasteiger charge is 2.23. The zero-order chi connectivity index (χ0) is 45.7. The molecule has 0 fully saturated rings. The lowest BCUT2D eigenvalue weighted by Crippen LogP contribution is -2.12. The molecule has 13 rings (SSSR count). The molecule has 0 spiro atoms. The molecule has 11 aromatic carbocycles. The normalized spacial score (nSPS) is 11.5. The van der Waals surface area contributed by atoms with Crippen LogP contribution in [0.15, 0.2) is 271 Å². The van der Waals surface area contributed by atoms with E-state index in [1.807, 2.05) is 6.07 Å². The second kappa shape index (κ2) is 16.9. The Balaban J connectivity index is 0.910. The highest BCUT2D eigenvalue weighted by molar-refractivity contribution is 6.12. The summed E-state index contributed by atoms with van der Waals surface area (Å²) >= 11 is 0. The first-order chi connectivity index (χ1) is 34.2. The Kier molecular flexibility index (Phi) is 9.84. The molecular weight excluding hydrogens is 837 g/mol. The summed E-state index contributed by atoms with van der Waals surface area (Å²) < 4.78 is 9.07. The predicted octanol–water partition coefficient (Wildman–Crippen LogP) is 18.5. The number of benzene rings is 11. The van der Waals surface area contributed by atoms with Crippen LogP contribution in [0.25, 0.3) is 105 Å². The molecule has 0 radical (unpaired) electrons. The quantitative estimate of drug-likeness (QED) is 0.144. The fraction of sp³-hybridized carbons (Fsp3) is 0. The van der Waals surface area contributed by atoms with Crippen molar-refractivity contribution >= 4 is 60.8 Å². The Morgan fingerprint density at radius 3 is 1.38 bits per heavy atom. The summed E-state index contributed by atoms with van der Waals surface area (Å²) in [5.74, 6) is 0. The summed E-state index contributed by atoms with van der Waals surface area (Å²) in [5.41, 5.74) is 20.0. The van der Waals surface area contributed by atoms with Crippen LogP contribution in [0.3, 0.4) is 0 Å². The van der Waals surface area contributed by atoms with Gasteiger partial charge in [-0.2, -0.15) is 0 Å². The van der Waals surface area contributed by atoms with Crippen molar-refractivity contribution in [3.8, 4) is 61.3 Å². The van der Waals surface area contributed by atoms with Crippen LogP contribution in [0.4, 0.5) is 17.1 Å². The van der Waals surface area contributed by atoms with E-state index in [1.54, 1.807) is 0 Å². The molecule has 0 amide bonds. The van der Waals surface area contributed by atoms with E-state index in [9.17, 15) is 0 Å². The van der Waals surface area contributed by atoms with E-state index >= 15 is 0 Å². The van der Waals surface area contributed by atoms with Crippen LogP contribution < -0.4 is 4.90 Å². The molecule has 0 saturated heterocycles. The monoisotopic (exact) mass is 880 g/mol. The number of hydrogen-bond acceptors (Lipinski definition) is 2. The molecule has 3 nitrogen and oxygen atoms in total. The Hall–Kier alpha value is -9.18. The molecule has 0 N–H and O–H groups in total. The third-order valence-electron chi connectivity index (χ3n) is 13.7. The number of para-hydroxylation sites is 7. The van der Waals surface area contributed by atoms with E-state index < -0.39 is 0 Å². The van der Waals surface area contributed by atoms with E-state index in [0.717, 1.165) is 78.1 Å². The van der Waals surface area contributed by atoms with Gasteiger partial charge in [0.25, 0.3) is 0 Å². The summed E-state index contributed by atoms with van der Waals surface area (Å²) in [4.78, 5) is 2.41. The molecule has 0 aliphatic carbocycles. The smallest absolute Gasteiger partial charge is 0.143 e. The zero-order valence-electron chi connectivity index (χ0n) is 37.7. The SMILES string of the molecule is c1ccc(-c2ccc(-c3ccccc3N(c3ccc(-c4ccc(-c5ccccc5-n5c6ccccc6c6ccccc65)cc4)cc3)c3ccccc3-c3cccc4c3oc3ccccc34)cc2)cc1. The van der Waals surface area contributed by atoms with E-state index in [4.69, 9.17) is 4.42 Å². The van der Waals surface area contributed by atoms with Crippen molar-refractivity contribution in [1.29, 1.82) is 0 Å². The first-order valence-corrected chi connectivity index (χ1v) is 23.6. The van der Waals surface area contributed by atoms with Gasteiger partial charge in [0, 0.05) is 49.5 Å². The van der Waals surface area contributed by atoms with Crippen molar-refractivity contribution in [3.05, 3.63) is 267 Å². The van der Waals surface area contributed by atoms with Gasteiger partial charge >= 0.3 is 0 Å². The van der Waals surface area contributed by atoms with Crippen LogP contribution in [0.5, 0.6) is 0 Å². The van der Waals surface area contributed by atoms with Gasteiger partial charge in [-0.25, -0.2) is 0 Å². The maximum atomic E-state index is 6.67. The van der Waals surface area contributed by atoms with Gasteiger partial charge in [-0.1, -0.05) is 218 Å². The molecule has 0 bridgehead atoms. The molecule has 0 atom stereocenters. The summed E-state index contributed by atoms with van der Waals surface area (Å²) in [6.07, 6.45) is 0. The first kappa shape index (κ1) is 40.1. The lowest BCUT2D eigenvalue weighted by Gasteiger charge is -2.30.